The van der Waals surface area contributed by atoms with E-state index in [1.54, 1.807) is 0 Å². The van der Waals surface area contributed by atoms with Crippen LogP contribution >= 0.6 is 0 Å². The Morgan fingerprint density at radius 1 is 1.39 bits per heavy atom. The van der Waals surface area contributed by atoms with Crippen molar-refractivity contribution in [3.8, 4) is 5.75 Å². The molecule has 8 N–H and O–H groups in total. The summed E-state index contributed by atoms with van der Waals surface area (Å²) in [6, 6.07) is 6.04. The molecule has 0 radical (unpaired) electrons. The van der Waals surface area contributed by atoms with E-state index in [0.29, 0.717) is 17.5 Å². The van der Waals surface area contributed by atoms with Gasteiger partial charge in [-0.25, -0.2) is 14.3 Å². The molecule has 2 heterocycles. The lowest BCUT2D eigenvalue weighted by atomic mass is 10.00. The Labute approximate surface area is 184 Å². The Hall–Kier alpha value is -3.18. The molecule has 33 heavy (non-hydrogen) atoms. The van der Waals surface area contributed by atoms with Gasteiger partial charge in [-0.3, -0.25) is 4.79 Å². The summed E-state index contributed by atoms with van der Waals surface area (Å²) in [4.78, 5) is 27.5. The third-order valence-corrected chi connectivity index (χ3v) is 5.27. The van der Waals surface area contributed by atoms with Crippen molar-refractivity contribution >= 4 is 11.7 Å². The molecule has 0 spiro atoms. The van der Waals surface area contributed by atoms with Gasteiger partial charge in [0.25, 0.3) is 5.91 Å². The van der Waals surface area contributed by atoms with E-state index < -0.39 is 60.0 Å². The number of aliphatic hydroxyl groups excluding tert-OH is 2. The zero-order valence-corrected chi connectivity index (χ0v) is 17.1. The summed E-state index contributed by atoms with van der Waals surface area (Å²) in [5.41, 5.74) is 1.48. The van der Waals surface area contributed by atoms with Gasteiger partial charge in [0, 0.05) is 6.20 Å². The standard InChI is InChI=1S/C18H22FN5O9/c1-32-10-4-2-9(3-5-10)7-23(31)17(29)13(26)12(8-25)33-18(17,30)24-14(20)11(15(27)22-19)6-21-16(24)28/h2-6,12-13,25-26,29-31H,7-8,20H2,1H3,(H,22,27)/t12-,13-,17-,18+/m1/s1. The molecule has 1 aromatic heterocycles. The molecule has 15 heteroatoms. The second-order valence-corrected chi connectivity index (χ2v) is 7.12. The number of amides is 1. The molecular formula is C18H22FN5O9. The highest BCUT2D eigenvalue weighted by molar-refractivity contribution is 5.97. The number of methoxy groups -OCH3 is 1. The zero-order chi connectivity index (χ0) is 24.6. The van der Waals surface area contributed by atoms with Gasteiger partial charge in [-0.05, 0) is 17.7 Å². The number of rotatable bonds is 7. The second kappa shape index (κ2) is 8.99. The molecule has 1 amide bonds. The number of ether oxygens (including phenoxy) is 2. The molecule has 1 fully saturated rings. The van der Waals surface area contributed by atoms with Crippen LogP contribution in [-0.2, 0) is 17.2 Å². The smallest absolute Gasteiger partial charge is 0.353 e. The fraction of sp³-hybridized carbons (Fsp3) is 0.389. The number of benzene rings is 1. The Bertz CT molecular complexity index is 1080. The lowest BCUT2D eigenvalue weighted by molar-refractivity contribution is -0.413. The van der Waals surface area contributed by atoms with Gasteiger partial charge >= 0.3 is 11.6 Å². The average molecular weight is 471 g/mol. The number of hydrogen-bond acceptors (Lipinski definition) is 12. The molecule has 3 rings (SSSR count). The highest BCUT2D eigenvalue weighted by atomic mass is 19.2. The number of nitrogen functional groups attached to an aromatic ring is 1. The van der Waals surface area contributed by atoms with Crippen molar-refractivity contribution in [2.45, 2.75) is 30.4 Å². The fourth-order valence-corrected chi connectivity index (χ4v) is 3.50. The van der Waals surface area contributed by atoms with Gasteiger partial charge < -0.3 is 40.8 Å². The number of carbonyl (C=O) groups excluding carboxylic acids is 1. The average Bonchev–Trinajstić information content (AvgIpc) is 3.01. The predicted molar refractivity (Wildman–Crippen MR) is 105 cm³/mol. The molecule has 2 aromatic rings. The van der Waals surface area contributed by atoms with E-state index in [1.165, 1.54) is 31.4 Å². The number of aliphatic hydroxyl groups is 4. The first-order valence-electron chi connectivity index (χ1n) is 9.35. The van der Waals surface area contributed by atoms with Crippen molar-refractivity contribution in [1.29, 1.82) is 0 Å². The van der Waals surface area contributed by atoms with Crippen LogP contribution in [0.3, 0.4) is 0 Å². The first-order valence-corrected chi connectivity index (χ1v) is 9.35. The minimum absolute atomic E-state index is 0.0493. The van der Waals surface area contributed by atoms with Gasteiger partial charge in [-0.1, -0.05) is 16.6 Å². The Kier molecular flexibility index (Phi) is 6.66. The van der Waals surface area contributed by atoms with Crippen LogP contribution in [0, 0.1) is 0 Å². The monoisotopic (exact) mass is 471 g/mol. The molecule has 0 aliphatic carbocycles. The molecule has 0 bridgehead atoms. The molecule has 180 valence electrons. The number of hydroxylamine groups is 2. The third-order valence-electron chi connectivity index (χ3n) is 5.27. The van der Waals surface area contributed by atoms with Crippen LogP contribution in [0.25, 0.3) is 0 Å². The Balaban J connectivity index is 2.14. The molecule has 1 aromatic carbocycles. The van der Waals surface area contributed by atoms with Crippen molar-refractivity contribution < 1.29 is 44.4 Å². The zero-order valence-electron chi connectivity index (χ0n) is 17.1. The quantitative estimate of drug-likeness (QED) is 0.126. The van der Waals surface area contributed by atoms with E-state index in [4.69, 9.17) is 15.2 Å². The predicted octanol–water partition coefficient (Wildman–Crippen LogP) is -2.62. The van der Waals surface area contributed by atoms with E-state index in [0.717, 1.165) is 5.54 Å². The minimum atomic E-state index is -3.40. The molecule has 1 saturated heterocycles. The maximum absolute atomic E-state index is 12.7. The maximum Gasteiger partial charge on any atom is 0.353 e. The molecule has 0 saturated carbocycles. The van der Waals surface area contributed by atoms with E-state index >= 15 is 0 Å². The first-order chi connectivity index (χ1) is 15.5. The lowest BCUT2D eigenvalue weighted by Crippen LogP contribution is -2.68. The summed E-state index contributed by atoms with van der Waals surface area (Å²) in [7, 11) is 1.44. The summed E-state index contributed by atoms with van der Waals surface area (Å²) < 4.78 is 22.9. The Morgan fingerprint density at radius 2 is 2.03 bits per heavy atom. The van der Waals surface area contributed by atoms with Gasteiger partial charge in [-0.15, -0.1) is 5.06 Å². The number of nitrogens with two attached hydrogens (primary N) is 1. The highest BCUT2D eigenvalue weighted by Crippen LogP contribution is 2.44. The minimum Gasteiger partial charge on any atom is -0.497 e. The van der Waals surface area contributed by atoms with Gasteiger partial charge in [0.05, 0.1) is 20.3 Å². The van der Waals surface area contributed by atoms with Crippen LogP contribution in [0.4, 0.5) is 10.3 Å². The fourth-order valence-electron chi connectivity index (χ4n) is 3.50. The van der Waals surface area contributed by atoms with E-state index in [9.17, 15) is 39.7 Å². The SMILES string of the molecule is COc1ccc(CN(O)[C@@]2(O)[C@H](O)[C@@H](CO)O[C@]2(O)n2c(N)c(C(=O)NF)cnc2=O)cc1. The number of aromatic nitrogens is 2. The maximum atomic E-state index is 12.7. The molecule has 1 aliphatic heterocycles. The molecule has 1 aliphatic rings. The summed E-state index contributed by atoms with van der Waals surface area (Å²) >= 11 is 0. The van der Waals surface area contributed by atoms with Crippen molar-refractivity contribution in [2.24, 2.45) is 0 Å². The van der Waals surface area contributed by atoms with Crippen LogP contribution in [-0.4, -0.2) is 77.8 Å². The van der Waals surface area contributed by atoms with E-state index in [1.807, 2.05) is 0 Å². The molecular weight excluding hydrogens is 449 g/mol. The van der Waals surface area contributed by atoms with Crippen LogP contribution in [0.15, 0.2) is 35.3 Å². The second-order valence-electron chi connectivity index (χ2n) is 7.12. The largest absolute Gasteiger partial charge is 0.497 e. The van der Waals surface area contributed by atoms with Crippen LogP contribution in [0.2, 0.25) is 0 Å². The number of nitrogens with zero attached hydrogens (tertiary/aromatic N) is 3. The number of nitrogens with one attached hydrogen (secondary N) is 1. The van der Waals surface area contributed by atoms with Crippen molar-refractivity contribution in [1.82, 2.24) is 20.2 Å². The molecule has 4 atom stereocenters. The van der Waals surface area contributed by atoms with Crippen molar-refractivity contribution in [3.05, 3.63) is 52.1 Å². The van der Waals surface area contributed by atoms with Crippen LogP contribution in [0.1, 0.15) is 15.9 Å². The van der Waals surface area contributed by atoms with Gasteiger partial charge in [0.1, 0.15) is 29.3 Å². The lowest BCUT2D eigenvalue weighted by Gasteiger charge is -2.42. The van der Waals surface area contributed by atoms with Crippen molar-refractivity contribution in [3.63, 3.8) is 0 Å². The third kappa shape index (κ3) is 3.80. The molecule has 14 nitrogen and oxygen atoms in total. The van der Waals surface area contributed by atoms with Crippen LogP contribution in [0.5, 0.6) is 5.75 Å². The summed E-state index contributed by atoms with van der Waals surface area (Å²) in [6.07, 6.45) is -3.36. The molecule has 0 unspecified atom stereocenters. The number of halogens is 1. The topological polar surface area (TPSA) is 213 Å². The summed E-state index contributed by atoms with van der Waals surface area (Å²) in [5, 5.41) is 53.5. The van der Waals surface area contributed by atoms with Crippen LogP contribution < -0.4 is 21.7 Å². The highest BCUT2D eigenvalue weighted by Gasteiger charge is 2.70. The van der Waals surface area contributed by atoms with Gasteiger partial charge in [0.2, 0.25) is 5.72 Å². The number of carbonyl (C=O) groups is 1. The van der Waals surface area contributed by atoms with Crippen molar-refractivity contribution in [2.75, 3.05) is 19.5 Å². The summed E-state index contributed by atoms with van der Waals surface area (Å²) in [5.74, 6) is -5.29. The first kappa shape index (κ1) is 24.5. The Morgan fingerprint density at radius 3 is 2.58 bits per heavy atom. The van der Waals surface area contributed by atoms with Gasteiger partial charge in [0.15, 0.2) is 0 Å². The number of anilines is 1. The summed E-state index contributed by atoms with van der Waals surface area (Å²) in [6.45, 7) is -1.52. The van der Waals surface area contributed by atoms with E-state index in [2.05, 4.69) is 4.98 Å². The van der Waals surface area contributed by atoms with E-state index in [-0.39, 0.29) is 9.63 Å². The van der Waals surface area contributed by atoms with Gasteiger partial charge in [-0.2, -0.15) is 5.54 Å². The normalized spacial score (nSPS) is 27.0. The number of hydrogen-bond donors (Lipinski definition) is 7.